The summed E-state index contributed by atoms with van der Waals surface area (Å²) in [4.78, 5) is 23.3. The van der Waals surface area contributed by atoms with Crippen LogP contribution in [0.3, 0.4) is 0 Å². The van der Waals surface area contributed by atoms with Crippen molar-refractivity contribution < 1.29 is 4.79 Å². The SMILES string of the molecule is Cc1cc(C)n(CCCNC(=O)CCn2ccccc2=O)n1. The van der Waals surface area contributed by atoms with Crippen LogP contribution >= 0.6 is 0 Å². The van der Waals surface area contributed by atoms with Gasteiger partial charge in [-0.2, -0.15) is 5.10 Å². The molecule has 6 nitrogen and oxygen atoms in total. The molecule has 0 saturated carbocycles. The fraction of sp³-hybridized carbons (Fsp3) is 0.438. The van der Waals surface area contributed by atoms with E-state index in [1.807, 2.05) is 24.6 Å². The smallest absolute Gasteiger partial charge is 0.250 e. The number of aromatic nitrogens is 3. The van der Waals surface area contributed by atoms with Crippen LogP contribution in [-0.2, 0) is 17.9 Å². The summed E-state index contributed by atoms with van der Waals surface area (Å²) in [5.74, 6) is -0.0379. The number of pyridine rings is 1. The van der Waals surface area contributed by atoms with Gasteiger partial charge in [0.25, 0.3) is 5.56 Å². The Morgan fingerprint density at radius 1 is 1.27 bits per heavy atom. The molecule has 0 aromatic carbocycles. The highest BCUT2D eigenvalue weighted by Crippen LogP contribution is 2.02. The Kier molecular flexibility index (Phi) is 5.52. The largest absolute Gasteiger partial charge is 0.356 e. The number of hydrogen-bond donors (Lipinski definition) is 1. The van der Waals surface area contributed by atoms with Gasteiger partial charge in [0.15, 0.2) is 0 Å². The highest BCUT2D eigenvalue weighted by atomic mass is 16.1. The second kappa shape index (κ2) is 7.59. The minimum absolute atomic E-state index is 0.0379. The lowest BCUT2D eigenvalue weighted by atomic mass is 10.3. The molecule has 22 heavy (non-hydrogen) atoms. The summed E-state index contributed by atoms with van der Waals surface area (Å²) in [6, 6.07) is 7.01. The lowest BCUT2D eigenvalue weighted by Crippen LogP contribution is -2.28. The summed E-state index contributed by atoms with van der Waals surface area (Å²) in [5, 5.41) is 7.25. The van der Waals surface area contributed by atoms with E-state index in [0.29, 0.717) is 19.5 Å². The third kappa shape index (κ3) is 4.58. The van der Waals surface area contributed by atoms with Gasteiger partial charge >= 0.3 is 0 Å². The lowest BCUT2D eigenvalue weighted by molar-refractivity contribution is -0.121. The summed E-state index contributed by atoms with van der Waals surface area (Å²) < 4.78 is 3.49. The predicted molar refractivity (Wildman–Crippen MR) is 84.6 cm³/mol. The molecule has 0 aliphatic rings. The molecule has 1 N–H and O–H groups in total. The van der Waals surface area contributed by atoms with E-state index >= 15 is 0 Å². The van der Waals surface area contributed by atoms with Gasteiger partial charge in [0, 0.05) is 44.0 Å². The Labute approximate surface area is 129 Å². The van der Waals surface area contributed by atoms with Crippen LogP contribution in [0.25, 0.3) is 0 Å². The number of nitrogens with zero attached hydrogens (tertiary/aromatic N) is 3. The summed E-state index contributed by atoms with van der Waals surface area (Å²) in [6.07, 6.45) is 2.83. The van der Waals surface area contributed by atoms with E-state index < -0.39 is 0 Å². The van der Waals surface area contributed by atoms with Gasteiger partial charge in [-0.1, -0.05) is 6.07 Å². The molecule has 0 atom stereocenters. The van der Waals surface area contributed by atoms with Crippen molar-refractivity contribution in [1.29, 1.82) is 0 Å². The Morgan fingerprint density at radius 3 is 2.77 bits per heavy atom. The summed E-state index contributed by atoms with van der Waals surface area (Å²) in [5.41, 5.74) is 2.06. The van der Waals surface area contributed by atoms with Crippen LogP contribution in [0.1, 0.15) is 24.2 Å². The zero-order valence-corrected chi connectivity index (χ0v) is 13.1. The predicted octanol–water partition coefficient (Wildman–Crippen LogP) is 1.26. The number of hydrogen-bond acceptors (Lipinski definition) is 3. The van der Waals surface area contributed by atoms with Crippen molar-refractivity contribution in [2.75, 3.05) is 6.54 Å². The van der Waals surface area contributed by atoms with E-state index in [0.717, 1.165) is 24.4 Å². The molecule has 118 valence electrons. The van der Waals surface area contributed by atoms with Gasteiger partial charge in [0.1, 0.15) is 0 Å². The standard InChI is InChI=1S/C16H22N4O2/c1-13-12-14(2)20(18-13)10-5-8-17-15(21)7-11-19-9-4-3-6-16(19)22/h3-4,6,9,12H,5,7-8,10-11H2,1-2H3,(H,17,21). The average molecular weight is 302 g/mol. The molecule has 6 heteroatoms. The van der Waals surface area contributed by atoms with Crippen LogP contribution < -0.4 is 10.9 Å². The number of carbonyl (C=O) groups excluding carboxylic acids is 1. The molecule has 2 rings (SSSR count). The van der Waals surface area contributed by atoms with E-state index in [2.05, 4.69) is 10.4 Å². The maximum absolute atomic E-state index is 11.8. The van der Waals surface area contributed by atoms with Crippen LogP contribution in [-0.4, -0.2) is 26.8 Å². The number of nitrogens with one attached hydrogen (secondary N) is 1. The molecular formula is C16H22N4O2. The molecular weight excluding hydrogens is 280 g/mol. The molecule has 0 spiro atoms. The molecule has 0 radical (unpaired) electrons. The first kappa shape index (κ1) is 16.0. The average Bonchev–Trinajstić information content (AvgIpc) is 2.81. The Bertz CT molecular complexity index is 687. The Hall–Kier alpha value is -2.37. The monoisotopic (exact) mass is 302 g/mol. The third-order valence-electron chi connectivity index (χ3n) is 3.45. The highest BCUT2D eigenvalue weighted by Gasteiger charge is 2.03. The molecule has 2 aromatic rings. The van der Waals surface area contributed by atoms with Crippen molar-refractivity contribution in [3.63, 3.8) is 0 Å². The topological polar surface area (TPSA) is 68.9 Å². The van der Waals surface area contributed by atoms with Gasteiger partial charge in [-0.25, -0.2) is 0 Å². The Balaban J connectivity index is 1.67. The first-order valence-corrected chi connectivity index (χ1v) is 7.49. The van der Waals surface area contributed by atoms with Crippen molar-refractivity contribution in [2.45, 2.75) is 39.8 Å². The van der Waals surface area contributed by atoms with Gasteiger partial charge in [-0.3, -0.25) is 14.3 Å². The van der Waals surface area contributed by atoms with Gasteiger partial charge in [-0.05, 0) is 32.4 Å². The van der Waals surface area contributed by atoms with E-state index in [1.165, 1.54) is 10.6 Å². The zero-order chi connectivity index (χ0) is 15.9. The third-order valence-corrected chi connectivity index (χ3v) is 3.45. The maximum Gasteiger partial charge on any atom is 0.250 e. The van der Waals surface area contributed by atoms with Crippen LogP contribution in [0.15, 0.2) is 35.3 Å². The second-order valence-corrected chi connectivity index (χ2v) is 5.34. The normalized spacial score (nSPS) is 10.6. The van der Waals surface area contributed by atoms with Crippen LogP contribution in [0, 0.1) is 13.8 Å². The summed E-state index contributed by atoms with van der Waals surface area (Å²) in [7, 11) is 0. The number of aryl methyl sites for hydroxylation is 4. The molecule has 2 aromatic heterocycles. The van der Waals surface area contributed by atoms with Gasteiger partial charge in [0.05, 0.1) is 5.69 Å². The maximum atomic E-state index is 11.8. The van der Waals surface area contributed by atoms with Gasteiger partial charge < -0.3 is 9.88 Å². The first-order valence-electron chi connectivity index (χ1n) is 7.49. The molecule has 0 unspecified atom stereocenters. The minimum atomic E-state index is -0.0835. The molecule has 0 bridgehead atoms. The summed E-state index contributed by atoms with van der Waals surface area (Å²) in [6.45, 7) is 5.80. The van der Waals surface area contributed by atoms with Crippen molar-refractivity contribution >= 4 is 5.91 Å². The molecule has 1 amide bonds. The highest BCUT2D eigenvalue weighted by molar-refractivity contribution is 5.75. The van der Waals surface area contributed by atoms with Gasteiger partial charge in [-0.15, -0.1) is 0 Å². The first-order chi connectivity index (χ1) is 10.6. The Morgan fingerprint density at radius 2 is 2.09 bits per heavy atom. The lowest BCUT2D eigenvalue weighted by Gasteiger charge is -2.08. The molecule has 0 aliphatic carbocycles. The molecule has 2 heterocycles. The number of rotatable bonds is 7. The minimum Gasteiger partial charge on any atom is -0.356 e. The van der Waals surface area contributed by atoms with Crippen molar-refractivity contribution in [1.82, 2.24) is 19.7 Å². The van der Waals surface area contributed by atoms with Crippen molar-refractivity contribution in [3.05, 3.63) is 52.2 Å². The van der Waals surface area contributed by atoms with E-state index in [9.17, 15) is 9.59 Å². The second-order valence-electron chi connectivity index (χ2n) is 5.34. The van der Waals surface area contributed by atoms with Crippen LogP contribution in [0.4, 0.5) is 0 Å². The van der Waals surface area contributed by atoms with E-state index in [-0.39, 0.29) is 11.5 Å². The zero-order valence-electron chi connectivity index (χ0n) is 13.1. The molecule has 0 saturated heterocycles. The van der Waals surface area contributed by atoms with E-state index in [1.54, 1.807) is 18.3 Å². The fourth-order valence-corrected chi connectivity index (χ4v) is 2.31. The number of amides is 1. The van der Waals surface area contributed by atoms with Gasteiger partial charge in [0.2, 0.25) is 5.91 Å². The van der Waals surface area contributed by atoms with Crippen molar-refractivity contribution in [3.8, 4) is 0 Å². The van der Waals surface area contributed by atoms with Crippen LogP contribution in [0.5, 0.6) is 0 Å². The van der Waals surface area contributed by atoms with Crippen molar-refractivity contribution in [2.24, 2.45) is 0 Å². The number of carbonyl (C=O) groups is 1. The summed E-state index contributed by atoms with van der Waals surface area (Å²) >= 11 is 0. The molecule has 0 fully saturated rings. The quantitative estimate of drug-likeness (QED) is 0.783. The van der Waals surface area contributed by atoms with E-state index in [4.69, 9.17) is 0 Å². The molecule has 0 aliphatic heterocycles. The van der Waals surface area contributed by atoms with Crippen LogP contribution in [0.2, 0.25) is 0 Å². The fourth-order valence-electron chi connectivity index (χ4n) is 2.31.